The molecule has 0 spiro atoms. The fourth-order valence-corrected chi connectivity index (χ4v) is 2.69. The number of nitrogens with two attached hydrogens (primary N) is 1. The molecule has 3 heterocycles. The number of imidazole rings is 1. The summed E-state index contributed by atoms with van der Waals surface area (Å²) in [7, 11) is 0. The van der Waals surface area contributed by atoms with E-state index in [1.54, 1.807) is 4.57 Å². The SMILES string of the molecule is Nc1ncnc2c1ncn2C1OC(CO)C(Br)C1O. The van der Waals surface area contributed by atoms with E-state index in [0.29, 0.717) is 11.2 Å². The van der Waals surface area contributed by atoms with Gasteiger partial charge in [0.05, 0.1) is 23.9 Å². The van der Waals surface area contributed by atoms with E-state index >= 15 is 0 Å². The molecule has 1 aliphatic heterocycles. The maximum Gasteiger partial charge on any atom is 0.167 e. The number of ether oxygens (including phenoxy) is 1. The van der Waals surface area contributed by atoms with Gasteiger partial charge in [0.1, 0.15) is 17.9 Å². The van der Waals surface area contributed by atoms with E-state index in [9.17, 15) is 10.2 Å². The van der Waals surface area contributed by atoms with Gasteiger partial charge in [-0.25, -0.2) is 15.0 Å². The molecule has 4 N–H and O–H groups in total. The van der Waals surface area contributed by atoms with Crippen LogP contribution in [0.25, 0.3) is 11.2 Å². The van der Waals surface area contributed by atoms with Crippen molar-refractivity contribution in [3.8, 4) is 0 Å². The zero-order valence-electron chi connectivity index (χ0n) is 9.72. The van der Waals surface area contributed by atoms with Crippen molar-refractivity contribution in [3.63, 3.8) is 0 Å². The van der Waals surface area contributed by atoms with Crippen LogP contribution in [0.2, 0.25) is 0 Å². The van der Waals surface area contributed by atoms with Crippen molar-refractivity contribution in [2.75, 3.05) is 12.3 Å². The van der Waals surface area contributed by atoms with Gasteiger partial charge in [-0.15, -0.1) is 0 Å². The Hall–Kier alpha value is -1.29. The number of halogens is 1. The summed E-state index contributed by atoms with van der Waals surface area (Å²) in [5.41, 5.74) is 6.64. The summed E-state index contributed by atoms with van der Waals surface area (Å²) >= 11 is 3.31. The smallest absolute Gasteiger partial charge is 0.167 e. The Balaban J connectivity index is 2.04. The third-order valence-corrected chi connectivity index (χ3v) is 4.26. The number of aliphatic hydroxyl groups excluding tert-OH is 2. The molecule has 0 aliphatic carbocycles. The average molecular weight is 330 g/mol. The van der Waals surface area contributed by atoms with Crippen molar-refractivity contribution in [2.45, 2.75) is 23.3 Å². The number of hydrogen-bond acceptors (Lipinski definition) is 7. The highest BCUT2D eigenvalue weighted by Crippen LogP contribution is 2.35. The van der Waals surface area contributed by atoms with E-state index in [1.807, 2.05) is 0 Å². The van der Waals surface area contributed by atoms with Crippen LogP contribution in [-0.4, -0.2) is 53.4 Å². The molecular weight excluding hydrogens is 318 g/mol. The normalized spacial score (nSPS) is 31.1. The molecule has 0 aromatic carbocycles. The second-order valence-electron chi connectivity index (χ2n) is 4.27. The highest BCUT2D eigenvalue weighted by Gasteiger charge is 2.43. The van der Waals surface area contributed by atoms with Crippen molar-refractivity contribution in [1.82, 2.24) is 19.5 Å². The van der Waals surface area contributed by atoms with Gasteiger partial charge in [-0.3, -0.25) is 4.57 Å². The maximum atomic E-state index is 10.2. The van der Waals surface area contributed by atoms with Crippen molar-refractivity contribution in [1.29, 1.82) is 0 Å². The van der Waals surface area contributed by atoms with Crippen LogP contribution < -0.4 is 5.73 Å². The van der Waals surface area contributed by atoms with Crippen LogP contribution >= 0.6 is 15.9 Å². The predicted octanol–water partition coefficient (Wildman–Crippen LogP) is -0.577. The fraction of sp³-hybridized carbons (Fsp3) is 0.500. The number of anilines is 1. The number of alkyl halides is 1. The van der Waals surface area contributed by atoms with E-state index in [1.165, 1.54) is 12.7 Å². The van der Waals surface area contributed by atoms with Crippen LogP contribution in [0.1, 0.15) is 6.23 Å². The lowest BCUT2D eigenvalue weighted by atomic mass is 10.2. The number of nitrogen functional groups attached to an aromatic ring is 1. The number of aliphatic hydroxyl groups is 2. The summed E-state index contributed by atoms with van der Waals surface area (Å²) in [4.78, 5) is 11.7. The molecule has 0 amide bonds. The summed E-state index contributed by atoms with van der Waals surface area (Å²) in [5, 5.41) is 19.3. The maximum absolute atomic E-state index is 10.2. The van der Waals surface area contributed by atoms with E-state index in [4.69, 9.17) is 10.5 Å². The van der Waals surface area contributed by atoms with Crippen molar-refractivity contribution in [2.24, 2.45) is 0 Å². The second kappa shape index (κ2) is 4.67. The van der Waals surface area contributed by atoms with E-state index in [-0.39, 0.29) is 17.3 Å². The van der Waals surface area contributed by atoms with Gasteiger partial charge >= 0.3 is 0 Å². The second-order valence-corrected chi connectivity index (χ2v) is 5.32. The van der Waals surface area contributed by atoms with Crippen LogP contribution in [0.3, 0.4) is 0 Å². The highest BCUT2D eigenvalue weighted by molar-refractivity contribution is 9.09. The van der Waals surface area contributed by atoms with Gasteiger partial charge in [0.15, 0.2) is 17.7 Å². The topological polar surface area (TPSA) is 119 Å². The Morgan fingerprint density at radius 2 is 2.21 bits per heavy atom. The van der Waals surface area contributed by atoms with Gasteiger partial charge in [-0.2, -0.15) is 0 Å². The molecule has 102 valence electrons. The predicted molar refractivity (Wildman–Crippen MR) is 69.5 cm³/mol. The summed E-state index contributed by atoms with van der Waals surface area (Å²) in [6.07, 6.45) is 0.818. The molecule has 0 saturated carbocycles. The summed E-state index contributed by atoms with van der Waals surface area (Å²) in [5.74, 6) is 0.269. The quantitative estimate of drug-likeness (QED) is 0.630. The van der Waals surface area contributed by atoms with E-state index in [2.05, 4.69) is 30.9 Å². The first kappa shape index (κ1) is 12.7. The first-order chi connectivity index (χ1) is 9.13. The molecular formula is C10H12BrN5O3. The Morgan fingerprint density at radius 3 is 2.89 bits per heavy atom. The van der Waals surface area contributed by atoms with Crippen LogP contribution in [0.4, 0.5) is 5.82 Å². The monoisotopic (exact) mass is 329 g/mol. The average Bonchev–Trinajstić information content (AvgIpc) is 2.94. The lowest BCUT2D eigenvalue weighted by Crippen LogP contribution is -2.28. The fourth-order valence-electron chi connectivity index (χ4n) is 2.14. The molecule has 4 unspecified atom stereocenters. The minimum absolute atomic E-state index is 0.187. The van der Waals surface area contributed by atoms with Gasteiger partial charge in [-0.05, 0) is 0 Å². The summed E-state index contributed by atoms with van der Waals surface area (Å²) in [6.45, 7) is -0.187. The molecule has 4 atom stereocenters. The number of fused-ring (bicyclic) bond motifs is 1. The molecule has 9 heteroatoms. The number of aromatic nitrogens is 4. The Bertz CT molecular complexity index is 606. The van der Waals surface area contributed by atoms with E-state index in [0.717, 1.165) is 0 Å². The standard InChI is InChI=1S/C10H12BrN5O3/c11-5-4(1-17)19-10(7(5)18)16-3-15-6-8(12)13-2-14-9(6)16/h2-5,7,10,17-18H,1H2,(H2,12,13,14). The molecule has 0 bridgehead atoms. The Kier molecular flexibility index (Phi) is 3.13. The van der Waals surface area contributed by atoms with Crippen LogP contribution in [0, 0.1) is 0 Å². The molecule has 3 rings (SSSR count). The van der Waals surface area contributed by atoms with Gasteiger partial charge in [0, 0.05) is 0 Å². The van der Waals surface area contributed by atoms with Gasteiger partial charge in [0.25, 0.3) is 0 Å². The van der Waals surface area contributed by atoms with Crippen LogP contribution in [0.15, 0.2) is 12.7 Å². The molecule has 1 saturated heterocycles. The van der Waals surface area contributed by atoms with Crippen molar-refractivity contribution < 1.29 is 14.9 Å². The molecule has 1 aliphatic rings. The molecule has 19 heavy (non-hydrogen) atoms. The minimum Gasteiger partial charge on any atom is -0.394 e. The first-order valence-electron chi connectivity index (χ1n) is 5.65. The van der Waals surface area contributed by atoms with Gasteiger partial charge < -0.3 is 20.7 Å². The molecule has 2 aromatic heterocycles. The number of nitrogens with zero attached hydrogens (tertiary/aromatic N) is 4. The largest absolute Gasteiger partial charge is 0.394 e. The lowest BCUT2D eigenvalue weighted by molar-refractivity contribution is -0.0486. The van der Waals surface area contributed by atoms with Gasteiger partial charge in [-0.1, -0.05) is 15.9 Å². The highest BCUT2D eigenvalue weighted by atomic mass is 79.9. The lowest BCUT2D eigenvalue weighted by Gasteiger charge is -2.16. The number of rotatable bonds is 2. The zero-order valence-corrected chi connectivity index (χ0v) is 11.3. The Morgan fingerprint density at radius 1 is 1.42 bits per heavy atom. The minimum atomic E-state index is -0.828. The summed E-state index contributed by atoms with van der Waals surface area (Å²) < 4.78 is 7.19. The zero-order chi connectivity index (χ0) is 13.6. The first-order valence-corrected chi connectivity index (χ1v) is 6.56. The third-order valence-electron chi connectivity index (χ3n) is 3.13. The summed E-state index contributed by atoms with van der Waals surface area (Å²) in [6, 6.07) is 0. The number of hydrogen-bond donors (Lipinski definition) is 3. The van der Waals surface area contributed by atoms with Crippen LogP contribution in [0.5, 0.6) is 0 Å². The molecule has 0 radical (unpaired) electrons. The third kappa shape index (κ3) is 1.89. The molecule has 2 aromatic rings. The van der Waals surface area contributed by atoms with Crippen LogP contribution in [-0.2, 0) is 4.74 Å². The van der Waals surface area contributed by atoms with E-state index < -0.39 is 18.4 Å². The molecule has 8 nitrogen and oxygen atoms in total. The molecule has 1 fully saturated rings. The van der Waals surface area contributed by atoms with Crippen molar-refractivity contribution in [3.05, 3.63) is 12.7 Å². The van der Waals surface area contributed by atoms with Gasteiger partial charge in [0.2, 0.25) is 0 Å². The Labute approximate surface area is 116 Å². The van der Waals surface area contributed by atoms with Crippen molar-refractivity contribution >= 4 is 32.9 Å².